The topological polar surface area (TPSA) is 23.5 Å². The first-order chi connectivity index (χ1) is 16.7. The summed E-state index contributed by atoms with van der Waals surface area (Å²) in [6.07, 6.45) is 3.04. The van der Waals surface area contributed by atoms with Crippen molar-refractivity contribution in [1.29, 1.82) is 0 Å². The first-order valence-corrected chi connectivity index (χ1v) is 12.4. The Labute approximate surface area is 203 Å². The molecular weight excluding hydrogens is 414 g/mol. The standard InChI is InChI=1S/C32H33NO/c34-32(29-12-6-2-7-13-29,30-14-8-3-9-15-30)31-21-24-33(25-22-31)23-20-26-16-18-28(19-17-26)27-10-4-1-5-11-27/h1-19,31,34H,20-25H2. The molecule has 1 heterocycles. The molecule has 2 heteroatoms. The molecule has 0 spiro atoms. The van der Waals surface area contributed by atoms with Crippen molar-refractivity contribution in [3.05, 3.63) is 132 Å². The third kappa shape index (κ3) is 4.84. The van der Waals surface area contributed by atoms with E-state index in [1.165, 1.54) is 16.7 Å². The van der Waals surface area contributed by atoms with E-state index in [4.69, 9.17) is 0 Å². The van der Waals surface area contributed by atoms with E-state index in [-0.39, 0.29) is 5.92 Å². The van der Waals surface area contributed by atoms with Crippen LogP contribution in [0.15, 0.2) is 115 Å². The van der Waals surface area contributed by atoms with E-state index in [1.807, 2.05) is 36.4 Å². The van der Waals surface area contributed by atoms with Gasteiger partial charge in [-0.1, -0.05) is 115 Å². The fourth-order valence-electron chi connectivity index (χ4n) is 5.38. The Morgan fingerprint density at radius 2 is 1.09 bits per heavy atom. The molecule has 1 fully saturated rings. The van der Waals surface area contributed by atoms with E-state index in [2.05, 4.69) is 83.8 Å². The lowest BCUT2D eigenvalue weighted by atomic mass is 9.72. The third-order valence-electron chi connectivity index (χ3n) is 7.38. The van der Waals surface area contributed by atoms with E-state index < -0.39 is 5.60 Å². The number of hydrogen-bond donors (Lipinski definition) is 1. The van der Waals surface area contributed by atoms with Crippen LogP contribution in [0.1, 0.15) is 29.5 Å². The van der Waals surface area contributed by atoms with Gasteiger partial charge in [-0.2, -0.15) is 0 Å². The summed E-state index contributed by atoms with van der Waals surface area (Å²) in [5, 5.41) is 12.1. The molecule has 5 rings (SSSR count). The van der Waals surface area contributed by atoms with Gasteiger partial charge in [-0.05, 0) is 66.1 Å². The quantitative estimate of drug-likeness (QED) is 0.347. The van der Waals surface area contributed by atoms with E-state index in [0.29, 0.717) is 0 Å². The summed E-state index contributed by atoms with van der Waals surface area (Å²) >= 11 is 0. The van der Waals surface area contributed by atoms with Gasteiger partial charge in [0.2, 0.25) is 0 Å². The predicted molar refractivity (Wildman–Crippen MR) is 141 cm³/mol. The molecule has 0 amide bonds. The molecule has 0 bridgehead atoms. The second kappa shape index (κ2) is 10.4. The van der Waals surface area contributed by atoms with Crippen LogP contribution in [0.4, 0.5) is 0 Å². The maximum atomic E-state index is 12.1. The molecule has 0 saturated carbocycles. The van der Waals surface area contributed by atoms with Crippen molar-refractivity contribution in [2.24, 2.45) is 5.92 Å². The third-order valence-corrected chi connectivity index (χ3v) is 7.38. The minimum absolute atomic E-state index is 0.207. The summed E-state index contributed by atoms with van der Waals surface area (Å²) in [7, 11) is 0. The molecule has 4 aromatic rings. The lowest BCUT2D eigenvalue weighted by Crippen LogP contribution is -2.44. The Morgan fingerprint density at radius 1 is 0.618 bits per heavy atom. The summed E-state index contributed by atoms with van der Waals surface area (Å²) in [5.41, 5.74) is 4.97. The molecule has 1 N–H and O–H groups in total. The average molecular weight is 448 g/mol. The van der Waals surface area contributed by atoms with Gasteiger partial charge in [-0.3, -0.25) is 0 Å². The second-order valence-electron chi connectivity index (χ2n) is 9.43. The number of benzene rings is 4. The van der Waals surface area contributed by atoms with Crippen LogP contribution >= 0.6 is 0 Å². The molecule has 1 aliphatic heterocycles. The van der Waals surface area contributed by atoms with Crippen LogP contribution in [0.5, 0.6) is 0 Å². The van der Waals surface area contributed by atoms with Crippen molar-refractivity contribution >= 4 is 0 Å². The lowest BCUT2D eigenvalue weighted by Gasteiger charge is -2.42. The Kier molecular flexibility index (Phi) is 6.89. The molecule has 1 saturated heterocycles. The highest BCUT2D eigenvalue weighted by atomic mass is 16.3. The van der Waals surface area contributed by atoms with Crippen LogP contribution in [0.2, 0.25) is 0 Å². The number of rotatable bonds is 7. The van der Waals surface area contributed by atoms with Crippen molar-refractivity contribution in [2.45, 2.75) is 24.9 Å². The first kappa shape index (κ1) is 22.6. The maximum Gasteiger partial charge on any atom is 0.117 e. The lowest BCUT2D eigenvalue weighted by molar-refractivity contribution is -0.0140. The van der Waals surface area contributed by atoms with Crippen LogP contribution in [0.3, 0.4) is 0 Å². The normalized spacial score (nSPS) is 15.3. The number of nitrogens with zero attached hydrogens (tertiary/aromatic N) is 1. The maximum absolute atomic E-state index is 12.1. The van der Waals surface area contributed by atoms with E-state index >= 15 is 0 Å². The molecule has 0 aromatic heterocycles. The van der Waals surface area contributed by atoms with Gasteiger partial charge in [0.05, 0.1) is 0 Å². The van der Waals surface area contributed by atoms with E-state index in [1.54, 1.807) is 0 Å². The molecule has 4 aromatic carbocycles. The smallest absolute Gasteiger partial charge is 0.117 e. The SMILES string of the molecule is OC(c1ccccc1)(c1ccccc1)C1CCN(CCc2ccc(-c3ccccc3)cc2)CC1. The Hall–Kier alpha value is -3.20. The molecular formula is C32H33NO. The van der Waals surface area contributed by atoms with Crippen molar-refractivity contribution in [3.8, 4) is 11.1 Å². The van der Waals surface area contributed by atoms with Gasteiger partial charge in [0.25, 0.3) is 0 Å². The molecule has 2 nitrogen and oxygen atoms in total. The van der Waals surface area contributed by atoms with Crippen molar-refractivity contribution in [1.82, 2.24) is 4.90 Å². The van der Waals surface area contributed by atoms with Crippen LogP contribution in [0.25, 0.3) is 11.1 Å². The number of aliphatic hydroxyl groups is 1. The zero-order valence-electron chi connectivity index (χ0n) is 19.7. The predicted octanol–water partition coefficient (Wildman–Crippen LogP) is 6.54. The largest absolute Gasteiger partial charge is 0.380 e. The molecule has 0 aliphatic carbocycles. The minimum Gasteiger partial charge on any atom is -0.380 e. The summed E-state index contributed by atoms with van der Waals surface area (Å²) in [5.74, 6) is 0.207. The van der Waals surface area contributed by atoms with Crippen LogP contribution < -0.4 is 0 Å². The molecule has 0 radical (unpaired) electrons. The molecule has 34 heavy (non-hydrogen) atoms. The number of hydrogen-bond acceptors (Lipinski definition) is 2. The zero-order valence-corrected chi connectivity index (χ0v) is 19.7. The van der Waals surface area contributed by atoms with Crippen LogP contribution in [-0.2, 0) is 12.0 Å². The first-order valence-electron chi connectivity index (χ1n) is 12.4. The Balaban J connectivity index is 1.22. The Bertz CT molecular complexity index is 1110. The summed E-state index contributed by atoms with van der Waals surface area (Å²) in [6, 6.07) is 40.0. The molecule has 172 valence electrons. The van der Waals surface area contributed by atoms with Gasteiger partial charge in [-0.15, -0.1) is 0 Å². The van der Waals surface area contributed by atoms with E-state index in [9.17, 15) is 5.11 Å². The van der Waals surface area contributed by atoms with Gasteiger partial charge in [-0.25, -0.2) is 0 Å². The zero-order chi connectivity index (χ0) is 23.2. The van der Waals surface area contributed by atoms with Crippen molar-refractivity contribution in [2.75, 3.05) is 19.6 Å². The average Bonchev–Trinajstić information content (AvgIpc) is 2.93. The Morgan fingerprint density at radius 3 is 1.62 bits per heavy atom. The van der Waals surface area contributed by atoms with Crippen LogP contribution in [-0.4, -0.2) is 29.6 Å². The summed E-state index contributed by atoms with van der Waals surface area (Å²) in [6.45, 7) is 3.11. The summed E-state index contributed by atoms with van der Waals surface area (Å²) < 4.78 is 0. The highest BCUT2D eigenvalue weighted by Gasteiger charge is 2.41. The van der Waals surface area contributed by atoms with Gasteiger partial charge in [0.1, 0.15) is 5.60 Å². The molecule has 0 unspecified atom stereocenters. The highest BCUT2D eigenvalue weighted by molar-refractivity contribution is 5.63. The summed E-state index contributed by atoms with van der Waals surface area (Å²) in [4.78, 5) is 2.55. The van der Waals surface area contributed by atoms with Crippen molar-refractivity contribution < 1.29 is 5.11 Å². The highest BCUT2D eigenvalue weighted by Crippen LogP contribution is 2.41. The molecule has 1 aliphatic rings. The van der Waals surface area contributed by atoms with Crippen LogP contribution in [0, 0.1) is 5.92 Å². The van der Waals surface area contributed by atoms with Gasteiger partial charge >= 0.3 is 0 Å². The minimum atomic E-state index is -0.943. The second-order valence-corrected chi connectivity index (χ2v) is 9.43. The van der Waals surface area contributed by atoms with Gasteiger partial charge in [0.15, 0.2) is 0 Å². The monoisotopic (exact) mass is 447 g/mol. The number of likely N-dealkylation sites (tertiary alicyclic amines) is 1. The molecule has 0 atom stereocenters. The van der Waals surface area contributed by atoms with Gasteiger partial charge in [0, 0.05) is 6.54 Å². The fourth-order valence-corrected chi connectivity index (χ4v) is 5.38. The number of piperidine rings is 1. The van der Waals surface area contributed by atoms with Crippen molar-refractivity contribution in [3.63, 3.8) is 0 Å². The fraction of sp³-hybridized carbons (Fsp3) is 0.250. The van der Waals surface area contributed by atoms with E-state index in [0.717, 1.165) is 50.0 Å². The van der Waals surface area contributed by atoms with Gasteiger partial charge < -0.3 is 10.0 Å².